The number of aromatic nitrogens is 1. The Morgan fingerprint density at radius 2 is 0.710 bits per heavy atom. The van der Waals surface area contributed by atoms with Gasteiger partial charge in [-0.05, 0) is 121 Å². The van der Waals surface area contributed by atoms with Gasteiger partial charge < -0.3 is 9.47 Å². The van der Waals surface area contributed by atoms with Crippen molar-refractivity contribution in [1.82, 2.24) is 4.57 Å². The minimum atomic E-state index is 1.09. The molecule has 12 rings (SSSR count). The molecule has 0 atom stereocenters. The van der Waals surface area contributed by atoms with Crippen molar-refractivity contribution in [1.29, 1.82) is 0 Å². The van der Waals surface area contributed by atoms with E-state index in [4.69, 9.17) is 0 Å². The Labute approximate surface area is 360 Å². The van der Waals surface area contributed by atoms with E-state index in [1.807, 2.05) is 0 Å². The molecule has 0 saturated carbocycles. The summed E-state index contributed by atoms with van der Waals surface area (Å²) in [4.78, 5) is 2.36. The van der Waals surface area contributed by atoms with E-state index < -0.39 is 0 Å². The van der Waals surface area contributed by atoms with E-state index in [9.17, 15) is 0 Å². The summed E-state index contributed by atoms with van der Waals surface area (Å²) in [6.45, 7) is 0. The molecule has 0 bridgehead atoms. The Morgan fingerprint density at radius 3 is 1.35 bits per heavy atom. The van der Waals surface area contributed by atoms with Crippen molar-refractivity contribution in [2.24, 2.45) is 0 Å². The molecule has 2 nitrogen and oxygen atoms in total. The van der Waals surface area contributed by atoms with Gasteiger partial charge in [0.2, 0.25) is 0 Å². The van der Waals surface area contributed by atoms with Crippen molar-refractivity contribution in [2.45, 2.75) is 0 Å². The molecule has 0 aliphatic rings. The van der Waals surface area contributed by atoms with Gasteiger partial charge in [0.1, 0.15) is 0 Å². The zero-order chi connectivity index (χ0) is 41.0. The molecule has 1 heterocycles. The fourth-order valence-electron chi connectivity index (χ4n) is 9.57. The third-order valence-corrected chi connectivity index (χ3v) is 12.6. The summed E-state index contributed by atoms with van der Waals surface area (Å²) in [5, 5.41) is 10.2. The average molecular weight is 789 g/mol. The van der Waals surface area contributed by atoms with Crippen LogP contribution in [0.3, 0.4) is 0 Å². The Balaban J connectivity index is 0.946. The summed E-state index contributed by atoms with van der Waals surface area (Å²) in [7, 11) is 0. The highest BCUT2D eigenvalue weighted by atomic mass is 15.1. The second kappa shape index (κ2) is 14.8. The van der Waals surface area contributed by atoms with E-state index in [1.54, 1.807) is 0 Å². The highest BCUT2D eigenvalue weighted by Gasteiger charge is 2.18. The van der Waals surface area contributed by atoms with Gasteiger partial charge in [-0.3, -0.25) is 0 Å². The first-order valence-corrected chi connectivity index (χ1v) is 21.3. The Morgan fingerprint density at radius 1 is 0.274 bits per heavy atom. The van der Waals surface area contributed by atoms with Crippen LogP contribution >= 0.6 is 0 Å². The second-order valence-corrected chi connectivity index (χ2v) is 16.1. The predicted molar refractivity (Wildman–Crippen MR) is 264 cm³/mol. The quantitative estimate of drug-likeness (QED) is 0.146. The van der Waals surface area contributed by atoms with Crippen LogP contribution in [0.25, 0.3) is 93.2 Å². The highest BCUT2D eigenvalue weighted by molar-refractivity contribution is 6.20. The van der Waals surface area contributed by atoms with Gasteiger partial charge in [-0.2, -0.15) is 0 Å². The van der Waals surface area contributed by atoms with Gasteiger partial charge in [-0.25, -0.2) is 0 Å². The molecule has 62 heavy (non-hydrogen) atoms. The molecular weight excluding hydrogens is 749 g/mol. The number of hydrogen-bond donors (Lipinski definition) is 0. The molecule has 0 amide bonds. The third kappa shape index (κ3) is 6.04. The maximum absolute atomic E-state index is 2.41. The van der Waals surface area contributed by atoms with Crippen LogP contribution in [0.1, 0.15) is 0 Å². The standard InChI is InChI=1S/C60H40N2/c1-2-12-41(13-3-1)42-28-34-49(35-29-42)61(50-36-30-43(31-37-50)48-27-24-46-23-26-47-25-22-44-14-4-5-16-53(44)60(47)56(46)40-48)51-38-32-45(33-39-51)52-15-6-9-19-57(52)62-58-20-10-7-17-54(58)55-18-8-11-21-59(55)62/h1-40H. The molecule has 0 spiro atoms. The number of rotatable bonds is 7. The lowest BCUT2D eigenvalue weighted by Gasteiger charge is -2.26. The number of benzene rings is 11. The first kappa shape index (κ1) is 35.7. The van der Waals surface area contributed by atoms with Crippen LogP contribution in [0.5, 0.6) is 0 Å². The number of hydrogen-bond acceptors (Lipinski definition) is 1. The minimum absolute atomic E-state index is 1.09. The van der Waals surface area contributed by atoms with E-state index in [0.717, 1.165) is 28.3 Å². The molecule has 0 N–H and O–H groups in total. The summed E-state index contributed by atoms with van der Waals surface area (Å²) in [6.07, 6.45) is 0. The topological polar surface area (TPSA) is 8.17 Å². The Hall–Kier alpha value is -8.20. The Bertz CT molecular complexity index is 3540. The van der Waals surface area contributed by atoms with Crippen LogP contribution in [0.2, 0.25) is 0 Å². The van der Waals surface area contributed by atoms with Crippen LogP contribution in [0, 0.1) is 0 Å². The van der Waals surface area contributed by atoms with Gasteiger partial charge in [0.25, 0.3) is 0 Å². The van der Waals surface area contributed by atoms with Crippen molar-refractivity contribution < 1.29 is 0 Å². The first-order valence-electron chi connectivity index (χ1n) is 21.3. The molecule has 0 aliphatic carbocycles. The number of fused-ring (bicyclic) bond motifs is 8. The smallest absolute Gasteiger partial charge is 0.0541 e. The average Bonchev–Trinajstić information content (AvgIpc) is 3.69. The van der Waals surface area contributed by atoms with Crippen molar-refractivity contribution in [3.63, 3.8) is 0 Å². The lowest BCUT2D eigenvalue weighted by molar-refractivity contribution is 1.18. The minimum Gasteiger partial charge on any atom is -0.311 e. The van der Waals surface area contributed by atoms with Gasteiger partial charge in [0, 0.05) is 33.4 Å². The molecule has 0 unspecified atom stereocenters. The molecule has 290 valence electrons. The van der Waals surface area contributed by atoms with Crippen LogP contribution in [-0.2, 0) is 0 Å². The fraction of sp³-hybridized carbons (Fsp3) is 0. The zero-order valence-corrected chi connectivity index (χ0v) is 34.0. The molecule has 0 fully saturated rings. The number of anilines is 3. The molecule has 12 aromatic rings. The summed E-state index contributed by atoms with van der Waals surface area (Å²) in [6, 6.07) is 88.4. The molecule has 1 aromatic heterocycles. The van der Waals surface area contributed by atoms with Crippen LogP contribution < -0.4 is 4.90 Å². The second-order valence-electron chi connectivity index (χ2n) is 16.1. The van der Waals surface area contributed by atoms with E-state index >= 15 is 0 Å². The van der Waals surface area contributed by atoms with Gasteiger partial charge in [0.15, 0.2) is 0 Å². The first-order chi connectivity index (χ1) is 30.7. The largest absolute Gasteiger partial charge is 0.311 e. The normalized spacial score (nSPS) is 11.5. The molecular formula is C60H40N2. The molecule has 2 heteroatoms. The van der Waals surface area contributed by atoms with Crippen LogP contribution in [-0.4, -0.2) is 4.57 Å². The van der Waals surface area contributed by atoms with Gasteiger partial charge in [-0.15, -0.1) is 0 Å². The van der Waals surface area contributed by atoms with Crippen molar-refractivity contribution >= 4 is 71.2 Å². The van der Waals surface area contributed by atoms with Gasteiger partial charge >= 0.3 is 0 Å². The zero-order valence-electron chi connectivity index (χ0n) is 34.0. The summed E-state index contributed by atoms with van der Waals surface area (Å²) in [5.74, 6) is 0. The van der Waals surface area contributed by atoms with Crippen LogP contribution in [0.15, 0.2) is 243 Å². The van der Waals surface area contributed by atoms with Gasteiger partial charge in [-0.1, -0.05) is 182 Å². The van der Waals surface area contributed by atoms with Crippen molar-refractivity contribution in [3.8, 4) is 39.1 Å². The molecule has 11 aromatic carbocycles. The molecule has 0 saturated heterocycles. The number of para-hydroxylation sites is 3. The molecule has 0 aliphatic heterocycles. The van der Waals surface area contributed by atoms with E-state index in [-0.39, 0.29) is 0 Å². The summed E-state index contributed by atoms with van der Waals surface area (Å²) < 4.78 is 2.41. The SMILES string of the molecule is c1ccc(-c2ccc(N(c3ccc(-c4ccc5ccc6ccc7ccccc7c6c5c4)cc3)c3ccc(-c4ccccc4-n4c5ccccc5c5ccccc54)cc3)cc2)cc1. The Kier molecular flexibility index (Phi) is 8.53. The number of nitrogens with zero attached hydrogens (tertiary/aromatic N) is 2. The molecule has 0 radical (unpaired) electrons. The van der Waals surface area contributed by atoms with E-state index in [2.05, 4.69) is 252 Å². The maximum atomic E-state index is 2.41. The van der Waals surface area contributed by atoms with E-state index in [0.29, 0.717) is 0 Å². The van der Waals surface area contributed by atoms with Crippen molar-refractivity contribution in [2.75, 3.05) is 4.90 Å². The summed E-state index contributed by atoms with van der Waals surface area (Å²) in [5.41, 5.74) is 14.0. The lowest BCUT2D eigenvalue weighted by atomic mass is 9.94. The highest BCUT2D eigenvalue weighted by Crippen LogP contribution is 2.41. The predicted octanol–water partition coefficient (Wildman–Crippen LogP) is 16.7. The van der Waals surface area contributed by atoms with Crippen molar-refractivity contribution in [3.05, 3.63) is 243 Å². The van der Waals surface area contributed by atoms with Gasteiger partial charge in [0.05, 0.1) is 16.7 Å². The summed E-state index contributed by atoms with van der Waals surface area (Å²) >= 11 is 0. The van der Waals surface area contributed by atoms with Crippen LogP contribution in [0.4, 0.5) is 17.1 Å². The fourth-order valence-corrected chi connectivity index (χ4v) is 9.57. The van der Waals surface area contributed by atoms with E-state index in [1.165, 1.54) is 81.9 Å². The monoisotopic (exact) mass is 788 g/mol. The maximum Gasteiger partial charge on any atom is 0.0541 e. The third-order valence-electron chi connectivity index (χ3n) is 12.6. The lowest BCUT2D eigenvalue weighted by Crippen LogP contribution is -2.09.